The molecular formula is C11H10Cl2O4. The maximum atomic E-state index is 10.3. The summed E-state index contributed by atoms with van der Waals surface area (Å²) in [7, 11) is 0. The normalized spacial score (nSPS) is 23.9. The van der Waals surface area contributed by atoms with Gasteiger partial charge in [0.25, 0.3) is 6.47 Å². The van der Waals surface area contributed by atoms with Crippen LogP contribution >= 0.6 is 23.2 Å². The number of carbonyl (C=O) groups is 1. The van der Waals surface area contributed by atoms with E-state index < -0.39 is 5.56 Å². The molecule has 0 saturated carbocycles. The largest absolute Gasteiger partial charge is 0.468 e. The Hall–Kier alpha value is -0.970. The van der Waals surface area contributed by atoms with Crippen LogP contribution < -0.4 is 9.47 Å². The average molecular weight is 277 g/mol. The summed E-state index contributed by atoms with van der Waals surface area (Å²) in [5, 5.41) is 0.441. The van der Waals surface area contributed by atoms with Gasteiger partial charge < -0.3 is 14.2 Å². The number of halogens is 2. The van der Waals surface area contributed by atoms with Gasteiger partial charge >= 0.3 is 0 Å². The molecule has 1 aromatic rings. The van der Waals surface area contributed by atoms with Gasteiger partial charge in [0.2, 0.25) is 5.56 Å². The highest BCUT2D eigenvalue weighted by Crippen LogP contribution is 2.35. The minimum absolute atomic E-state index is 0.0836. The van der Waals surface area contributed by atoms with Crippen LogP contribution in [0.2, 0.25) is 5.02 Å². The van der Waals surface area contributed by atoms with Gasteiger partial charge in [0.05, 0.1) is 6.10 Å². The quantitative estimate of drug-likeness (QED) is 0.471. The van der Waals surface area contributed by atoms with Crippen molar-refractivity contribution in [1.29, 1.82) is 0 Å². The van der Waals surface area contributed by atoms with Crippen molar-refractivity contribution < 1.29 is 19.0 Å². The summed E-state index contributed by atoms with van der Waals surface area (Å²) in [6.45, 7) is 2.20. The standard InChI is InChI=1S/C11H10Cl2O4/c1-6-10(16-6)11(13)17-8-3-2-7(12)4-9(8)15-5-14/h2-6,10-11H,1H3. The molecule has 0 bridgehead atoms. The van der Waals surface area contributed by atoms with Crippen molar-refractivity contribution in [2.45, 2.75) is 24.7 Å². The topological polar surface area (TPSA) is 48.1 Å². The fraction of sp³-hybridized carbons (Fsp3) is 0.364. The molecule has 0 N–H and O–H groups in total. The summed E-state index contributed by atoms with van der Waals surface area (Å²) in [6.07, 6.45) is -0.0586. The van der Waals surface area contributed by atoms with E-state index in [9.17, 15) is 4.79 Å². The van der Waals surface area contributed by atoms with Crippen molar-refractivity contribution in [1.82, 2.24) is 0 Å². The molecule has 0 aliphatic carbocycles. The smallest absolute Gasteiger partial charge is 0.298 e. The predicted molar refractivity (Wildman–Crippen MR) is 62.7 cm³/mol. The molecule has 92 valence electrons. The Bertz CT molecular complexity index is 424. The number of benzene rings is 1. The van der Waals surface area contributed by atoms with Gasteiger partial charge in [-0.2, -0.15) is 0 Å². The second-order valence-corrected chi connectivity index (χ2v) is 4.45. The lowest BCUT2D eigenvalue weighted by atomic mass is 10.3. The third-order valence-electron chi connectivity index (χ3n) is 2.34. The van der Waals surface area contributed by atoms with E-state index in [1.807, 2.05) is 6.92 Å². The molecule has 1 aliphatic heterocycles. The summed E-state index contributed by atoms with van der Waals surface area (Å²) >= 11 is 11.8. The van der Waals surface area contributed by atoms with Crippen molar-refractivity contribution in [2.75, 3.05) is 0 Å². The first-order valence-corrected chi connectivity index (χ1v) is 5.79. The Kier molecular flexibility index (Phi) is 3.76. The number of hydrogen-bond acceptors (Lipinski definition) is 4. The van der Waals surface area contributed by atoms with Crippen LogP contribution in [0.25, 0.3) is 0 Å². The number of ether oxygens (including phenoxy) is 3. The molecule has 17 heavy (non-hydrogen) atoms. The zero-order valence-corrected chi connectivity index (χ0v) is 10.4. The van der Waals surface area contributed by atoms with Gasteiger partial charge in [0.1, 0.15) is 6.10 Å². The van der Waals surface area contributed by atoms with E-state index in [1.165, 1.54) is 6.07 Å². The van der Waals surface area contributed by atoms with Gasteiger partial charge in [-0.25, -0.2) is 0 Å². The van der Waals surface area contributed by atoms with Crippen LogP contribution in [0.15, 0.2) is 18.2 Å². The number of carbonyl (C=O) groups excluding carboxylic acids is 1. The van der Waals surface area contributed by atoms with E-state index in [-0.39, 0.29) is 18.0 Å². The summed E-state index contributed by atoms with van der Waals surface area (Å²) < 4.78 is 15.4. The second-order valence-electron chi connectivity index (χ2n) is 3.58. The summed E-state index contributed by atoms with van der Waals surface area (Å²) in [4.78, 5) is 10.3. The molecule has 4 nitrogen and oxygen atoms in total. The Morgan fingerprint density at radius 3 is 2.76 bits per heavy atom. The van der Waals surface area contributed by atoms with Crippen molar-refractivity contribution in [3.8, 4) is 11.5 Å². The first-order chi connectivity index (χ1) is 8.11. The molecule has 1 heterocycles. The molecule has 3 unspecified atom stereocenters. The molecule has 1 fully saturated rings. The van der Waals surface area contributed by atoms with Crippen LogP contribution in [-0.4, -0.2) is 24.2 Å². The van der Waals surface area contributed by atoms with E-state index in [0.29, 0.717) is 17.2 Å². The highest BCUT2D eigenvalue weighted by atomic mass is 35.5. The highest BCUT2D eigenvalue weighted by molar-refractivity contribution is 6.30. The second kappa shape index (κ2) is 5.12. The van der Waals surface area contributed by atoms with Gasteiger partial charge in [-0.1, -0.05) is 23.2 Å². The van der Waals surface area contributed by atoms with E-state index in [0.717, 1.165) is 0 Å². The van der Waals surface area contributed by atoms with Crippen LogP contribution in [0.3, 0.4) is 0 Å². The maximum absolute atomic E-state index is 10.3. The first-order valence-electron chi connectivity index (χ1n) is 4.98. The van der Waals surface area contributed by atoms with E-state index >= 15 is 0 Å². The van der Waals surface area contributed by atoms with Crippen LogP contribution in [-0.2, 0) is 9.53 Å². The van der Waals surface area contributed by atoms with E-state index in [1.54, 1.807) is 12.1 Å². The van der Waals surface area contributed by atoms with Crippen molar-refractivity contribution in [3.63, 3.8) is 0 Å². The van der Waals surface area contributed by atoms with E-state index in [2.05, 4.69) is 0 Å². The van der Waals surface area contributed by atoms with E-state index in [4.69, 9.17) is 37.4 Å². The number of alkyl halides is 1. The van der Waals surface area contributed by atoms with Crippen LogP contribution in [0.4, 0.5) is 0 Å². The molecule has 6 heteroatoms. The zero-order chi connectivity index (χ0) is 12.4. The molecule has 0 spiro atoms. The fourth-order valence-corrected chi connectivity index (χ4v) is 1.91. The lowest BCUT2D eigenvalue weighted by molar-refractivity contribution is -0.120. The molecule has 0 radical (unpaired) electrons. The molecule has 0 amide bonds. The third-order valence-corrected chi connectivity index (χ3v) is 2.91. The molecule has 3 atom stereocenters. The van der Waals surface area contributed by atoms with Crippen molar-refractivity contribution in [3.05, 3.63) is 23.2 Å². The van der Waals surface area contributed by atoms with Gasteiger partial charge in [-0.15, -0.1) is 0 Å². The lowest BCUT2D eigenvalue weighted by Gasteiger charge is -2.13. The Labute approximate surface area is 108 Å². The molecule has 1 aromatic carbocycles. The predicted octanol–water partition coefficient (Wildman–Crippen LogP) is 2.61. The van der Waals surface area contributed by atoms with Crippen LogP contribution in [0, 0.1) is 0 Å². The number of rotatable bonds is 5. The Morgan fingerprint density at radius 2 is 2.18 bits per heavy atom. The van der Waals surface area contributed by atoms with Gasteiger partial charge in [-0.3, -0.25) is 4.79 Å². The summed E-state index contributed by atoms with van der Waals surface area (Å²) in [6, 6.07) is 4.69. The van der Waals surface area contributed by atoms with Crippen LogP contribution in [0.5, 0.6) is 11.5 Å². The monoisotopic (exact) mass is 276 g/mol. The Morgan fingerprint density at radius 1 is 1.47 bits per heavy atom. The SMILES string of the molecule is CC1OC1C(Cl)Oc1ccc(Cl)cc1OC=O. The molecular weight excluding hydrogens is 267 g/mol. The minimum atomic E-state index is -0.625. The highest BCUT2D eigenvalue weighted by Gasteiger charge is 2.42. The average Bonchev–Trinajstić information content (AvgIpc) is 3.00. The fourth-order valence-electron chi connectivity index (χ4n) is 1.39. The van der Waals surface area contributed by atoms with Gasteiger partial charge in [-0.05, 0) is 19.1 Å². The molecule has 1 aliphatic rings. The van der Waals surface area contributed by atoms with Gasteiger partial charge in [0.15, 0.2) is 11.5 Å². The number of hydrogen-bond donors (Lipinski definition) is 0. The van der Waals surface area contributed by atoms with Crippen molar-refractivity contribution >= 4 is 29.7 Å². The molecule has 0 aromatic heterocycles. The molecule has 2 rings (SSSR count). The number of epoxide rings is 1. The Balaban J connectivity index is 2.10. The summed E-state index contributed by atoms with van der Waals surface area (Å²) in [5.41, 5.74) is -0.625. The molecule has 1 saturated heterocycles. The maximum Gasteiger partial charge on any atom is 0.298 e. The zero-order valence-electron chi connectivity index (χ0n) is 8.93. The van der Waals surface area contributed by atoms with Crippen LogP contribution in [0.1, 0.15) is 6.92 Å². The lowest BCUT2D eigenvalue weighted by Crippen LogP contribution is -2.17. The summed E-state index contributed by atoms with van der Waals surface area (Å²) in [5.74, 6) is 0.579. The third kappa shape index (κ3) is 3.03. The van der Waals surface area contributed by atoms with Gasteiger partial charge in [0, 0.05) is 11.1 Å². The van der Waals surface area contributed by atoms with Crippen molar-refractivity contribution in [2.24, 2.45) is 0 Å². The minimum Gasteiger partial charge on any atom is -0.468 e. The first kappa shape index (κ1) is 12.5.